The van der Waals surface area contributed by atoms with Crippen LogP contribution in [-0.4, -0.2) is 14.5 Å². The van der Waals surface area contributed by atoms with E-state index in [-0.39, 0.29) is 30.9 Å². The molecule has 0 N–H and O–H groups in total. The SMILES string of the molecule is CC1(C)c2ccccc2N2c3[se]c(-c4ccc5c(c4)C(=C(C#N)C#N)c4ccccc4-5)cc3C(C)(C)c3cccc1c32. The van der Waals surface area contributed by atoms with Gasteiger partial charge >= 0.3 is 253 Å². The zero-order valence-corrected chi connectivity index (χ0v) is 25.6. The van der Waals surface area contributed by atoms with E-state index in [9.17, 15) is 10.5 Å². The summed E-state index contributed by atoms with van der Waals surface area (Å²) in [6.45, 7) is 9.43. The van der Waals surface area contributed by atoms with E-state index in [2.05, 4.69) is 118 Å². The summed E-state index contributed by atoms with van der Waals surface area (Å²) in [6.07, 6.45) is 0. The molecule has 0 amide bonds. The standard InChI is InChI=1S/C38H27N3Se/c1-37(2)28-12-7-8-15-32(28)41-35-29(37)13-9-14-30(35)38(3,4)31-19-33(42-36(31)41)22-16-17-25-24-10-5-6-11-26(24)34(27(25)18-22)23(20-39)21-40/h5-19H,1-4H3. The Kier molecular flexibility index (Phi) is 5.07. The molecule has 3 heterocycles. The van der Waals surface area contributed by atoms with Gasteiger partial charge in [0.15, 0.2) is 0 Å². The van der Waals surface area contributed by atoms with Crippen molar-refractivity contribution in [3.63, 3.8) is 0 Å². The van der Waals surface area contributed by atoms with Gasteiger partial charge in [-0.1, -0.05) is 0 Å². The molecule has 1 aliphatic carbocycles. The van der Waals surface area contributed by atoms with Crippen molar-refractivity contribution in [3.8, 4) is 33.3 Å². The van der Waals surface area contributed by atoms with Crippen molar-refractivity contribution in [1.29, 1.82) is 10.5 Å². The van der Waals surface area contributed by atoms with E-state index in [1.807, 2.05) is 18.2 Å². The van der Waals surface area contributed by atoms with E-state index < -0.39 is 0 Å². The van der Waals surface area contributed by atoms with Crippen molar-refractivity contribution in [2.24, 2.45) is 0 Å². The molecule has 2 aliphatic heterocycles. The van der Waals surface area contributed by atoms with Crippen LogP contribution < -0.4 is 4.90 Å². The van der Waals surface area contributed by atoms with Crippen molar-refractivity contribution < 1.29 is 0 Å². The summed E-state index contributed by atoms with van der Waals surface area (Å²) in [5.41, 5.74) is 14.1. The van der Waals surface area contributed by atoms with Gasteiger partial charge < -0.3 is 0 Å². The molecule has 0 saturated heterocycles. The van der Waals surface area contributed by atoms with E-state index >= 15 is 0 Å². The predicted octanol–water partition coefficient (Wildman–Crippen LogP) is 8.99. The summed E-state index contributed by atoms with van der Waals surface area (Å²) in [4.78, 5) is 2.56. The topological polar surface area (TPSA) is 50.8 Å². The molecule has 0 spiro atoms. The van der Waals surface area contributed by atoms with E-state index in [0.717, 1.165) is 33.4 Å². The number of benzene rings is 4. The minimum atomic E-state index is -0.143. The van der Waals surface area contributed by atoms with Crippen molar-refractivity contribution >= 4 is 36.0 Å². The molecular weight excluding hydrogens is 577 g/mol. The van der Waals surface area contributed by atoms with Crippen molar-refractivity contribution in [2.45, 2.75) is 38.5 Å². The average molecular weight is 605 g/mol. The van der Waals surface area contributed by atoms with Gasteiger partial charge in [0.2, 0.25) is 0 Å². The van der Waals surface area contributed by atoms with Gasteiger partial charge in [0.25, 0.3) is 0 Å². The van der Waals surface area contributed by atoms with E-state index in [4.69, 9.17) is 0 Å². The van der Waals surface area contributed by atoms with E-state index in [1.165, 1.54) is 42.6 Å². The van der Waals surface area contributed by atoms with Gasteiger partial charge in [-0.05, 0) is 0 Å². The maximum atomic E-state index is 9.85. The number of para-hydroxylation sites is 2. The molecule has 1 aromatic heterocycles. The van der Waals surface area contributed by atoms with Gasteiger partial charge in [-0.3, -0.25) is 0 Å². The molecule has 0 atom stereocenters. The third kappa shape index (κ3) is 3.09. The molecule has 200 valence electrons. The Hall–Kier alpha value is -4.60. The first-order chi connectivity index (χ1) is 20.3. The Bertz CT molecular complexity index is 2110. The molecular formula is C38H27N3Se. The fourth-order valence-electron chi connectivity index (χ4n) is 7.38. The average Bonchev–Trinajstić information content (AvgIpc) is 3.59. The molecule has 8 rings (SSSR count). The normalized spacial score (nSPS) is 15.9. The fraction of sp³-hybridized carbons (Fsp3) is 0.158. The third-order valence-electron chi connectivity index (χ3n) is 9.55. The monoisotopic (exact) mass is 605 g/mol. The third-order valence-corrected chi connectivity index (χ3v) is 12.0. The second kappa shape index (κ2) is 8.47. The van der Waals surface area contributed by atoms with Crippen LogP contribution >= 0.6 is 0 Å². The van der Waals surface area contributed by atoms with Gasteiger partial charge in [-0.2, -0.15) is 0 Å². The van der Waals surface area contributed by atoms with Crippen molar-refractivity contribution in [2.75, 3.05) is 4.90 Å². The van der Waals surface area contributed by atoms with Crippen LogP contribution in [0.3, 0.4) is 0 Å². The Labute approximate surface area is 252 Å². The van der Waals surface area contributed by atoms with Crippen LogP contribution in [0.15, 0.2) is 96.6 Å². The van der Waals surface area contributed by atoms with Gasteiger partial charge in [0.1, 0.15) is 0 Å². The molecule has 4 aromatic carbocycles. The Balaban J connectivity index is 1.36. The summed E-state index contributed by atoms with van der Waals surface area (Å²) >= 11 is 0.0584. The molecule has 0 unspecified atom stereocenters. The summed E-state index contributed by atoms with van der Waals surface area (Å²) in [5, 5.41) is 19.7. The van der Waals surface area contributed by atoms with Crippen molar-refractivity contribution in [3.05, 3.63) is 130 Å². The minimum absolute atomic E-state index is 0.0584. The molecule has 42 heavy (non-hydrogen) atoms. The molecule has 0 saturated carbocycles. The van der Waals surface area contributed by atoms with Crippen LogP contribution in [0.5, 0.6) is 0 Å². The molecule has 3 nitrogen and oxygen atoms in total. The number of allylic oxidation sites excluding steroid dienone is 1. The summed E-state index contributed by atoms with van der Waals surface area (Å²) in [7, 11) is 0. The van der Waals surface area contributed by atoms with Crippen LogP contribution in [0.2, 0.25) is 0 Å². The van der Waals surface area contributed by atoms with Crippen LogP contribution in [0, 0.1) is 22.7 Å². The summed E-state index contributed by atoms with van der Waals surface area (Å²) < 4.78 is 2.73. The number of rotatable bonds is 1. The number of nitrogens with zero attached hydrogens (tertiary/aromatic N) is 3. The quantitative estimate of drug-likeness (QED) is 0.139. The second-order valence-electron chi connectivity index (χ2n) is 12.4. The first-order valence-corrected chi connectivity index (χ1v) is 16.0. The molecule has 4 heteroatoms. The van der Waals surface area contributed by atoms with Gasteiger partial charge in [0, 0.05) is 0 Å². The fourth-order valence-corrected chi connectivity index (χ4v) is 10.2. The van der Waals surface area contributed by atoms with E-state index in [1.54, 1.807) is 0 Å². The number of anilines is 3. The van der Waals surface area contributed by atoms with Crippen LogP contribution in [0.4, 0.5) is 15.9 Å². The molecule has 3 aliphatic rings. The molecule has 0 radical (unpaired) electrons. The number of nitriles is 2. The Morgan fingerprint density at radius 3 is 2.00 bits per heavy atom. The maximum absolute atomic E-state index is 9.85. The first kappa shape index (κ1) is 25.1. The predicted molar refractivity (Wildman–Crippen MR) is 170 cm³/mol. The van der Waals surface area contributed by atoms with Crippen molar-refractivity contribution in [1.82, 2.24) is 0 Å². The first-order valence-electron chi connectivity index (χ1n) is 14.2. The zero-order chi connectivity index (χ0) is 29.0. The number of hydrogen-bond acceptors (Lipinski definition) is 3. The molecule has 0 fully saturated rings. The van der Waals surface area contributed by atoms with Crippen LogP contribution in [0.25, 0.3) is 26.7 Å². The van der Waals surface area contributed by atoms with Gasteiger partial charge in [0.05, 0.1) is 0 Å². The second-order valence-corrected chi connectivity index (χ2v) is 14.6. The number of fused-ring (bicyclic) bond motifs is 7. The van der Waals surface area contributed by atoms with E-state index in [0.29, 0.717) is 0 Å². The number of hydrogen-bond donors (Lipinski definition) is 0. The van der Waals surface area contributed by atoms with Crippen LogP contribution in [-0.2, 0) is 10.8 Å². The summed E-state index contributed by atoms with van der Waals surface area (Å²) in [6, 6.07) is 37.2. The summed E-state index contributed by atoms with van der Waals surface area (Å²) in [5.74, 6) is 0. The zero-order valence-electron chi connectivity index (χ0n) is 23.9. The van der Waals surface area contributed by atoms with Crippen LogP contribution in [0.1, 0.15) is 61.1 Å². The Morgan fingerprint density at radius 1 is 0.643 bits per heavy atom. The van der Waals surface area contributed by atoms with Gasteiger partial charge in [-0.25, -0.2) is 0 Å². The molecule has 5 aromatic rings. The molecule has 0 bridgehead atoms. The Morgan fingerprint density at radius 2 is 1.26 bits per heavy atom. The van der Waals surface area contributed by atoms with Gasteiger partial charge in [-0.15, -0.1) is 0 Å².